The number of phenolic OH excluding ortho intramolecular Hbond substituents is 8. The summed E-state index contributed by atoms with van der Waals surface area (Å²) in [5, 5.41) is 132. The number of aromatic hydroxyl groups is 8. The zero-order valence-corrected chi connectivity index (χ0v) is 32.6. The van der Waals surface area contributed by atoms with Crippen LogP contribution in [-0.4, -0.2) is 92.3 Å². The standard InChI is InChI=1S/C48H42O14/c49-18-33-44(58)45(59)46(60)48(62-33)39-28(54)13-22(14-29(39)55)36-34(19-1-7-23(50)8-2-19)42-35(20-3-9-24(51)10-4-20)37-27(15-26(53)16-30(37)56)38-41-32(17-31(57)40(36)43(41)42)61-47(38)21-5-11-25(52)12-6-21/h1-17,33-36,38,42,44-60H,18H2/t33-,34-,35+,36-,38+,42+,44-,45+,46-,47-,48+/m1/s1. The van der Waals surface area contributed by atoms with Crippen molar-refractivity contribution in [2.24, 2.45) is 0 Å². The van der Waals surface area contributed by atoms with Crippen molar-refractivity contribution in [2.45, 2.75) is 66.2 Å². The number of rotatable bonds is 6. The van der Waals surface area contributed by atoms with Gasteiger partial charge in [-0.2, -0.15) is 0 Å². The molecule has 14 heteroatoms. The lowest BCUT2D eigenvalue weighted by Crippen LogP contribution is -2.55. The number of hydrogen-bond acceptors (Lipinski definition) is 14. The van der Waals surface area contributed by atoms with Crippen molar-refractivity contribution in [2.75, 3.05) is 6.61 Å². The van der Waals surface area contributed by atoms with Crippen molar-refractivity contribution < 1.29 is 70.8 Å². The van der Waals surface area contributed by atoms with Gasteiger partial charge in [-0.25, -0.2) is 0 Å². The molecule has 1 saturated heterocycles. The van der Waals surface area contributed by atoms with Gasteiger partial charge in [0.1, 0.15) is 88.4 Å². The molecule has 6 aromatic carbocycles. The quantitative estimate of drug-likeness (QED) is 0.102. The van der Waals surface area contributed by atoms with Crippen molar-refractivity contribution >= 4 is 0 Å². The summed E-state index contributed by atoms with van der Waals surface area (Å²) in [7, 11) is 0. The molecule has 4 aliphatic rings. The van der Waals surface area contributed by atoms with E-state index >= 15 is 0 Å². The van der Waals surface area contributed by atoms with Crippen LogP contribution in [0.1, 0.15) is 97.4 Å². The van der Waals surface area contributed by atoms with Crippen LogP contribution in [0.15, 0.2) is 103 Å². The van der Waals surface area contributed by atoms with Gasteiger partial charge in [0.2, 0.25) is 0 Å². The summed E-state index contributed by atoms with van der Waals surface area (Å²) in [6.45, 7) is -0.738. The SMILES string of the molecule is OC[C@H]1O[C@@H](c2c(O)cc([C@H]3c4c(O)cc5c6c4[C@H]([C@@H](c4ccc(O)cc4)c4c(O)cc(O)cc4[C@@H]6[C@@H](c4ccc(O)cc4)O5)[C@@H]3c3ccc(O)cc3)cc2O)[C@H](O)[C@@H](O)[C@@H]1O. The smallest absolute Gasteiger partial charge is 0.135 e. The molecular weight excluding hydrogens is 801 g/mol. The molecule has 62 heavy (non-hydrogen) atoms. The van der Waals surface area contributed by atoms with Crippen LogP contribution in [0.25, 0.3) is 0 Å². The van der Waals surface area contributed by atoms with Crippen LogP contribution >= 0.6 is 0 Å². The second-order valence-electron chi connectivity index (χ2n) is 16.6. The Morgan fingerprint density at radius 1 is 0.403 bits per heavy atom. The first kappa shape index (κ1) is 39.5. The maximum atomic E-state index is 12.4. The Bertz CT molecular complexity index is 2690. The molecule has 0 aromatic heterocycles. The Kier molecular flexibility index (Phi) is 9.21. The van der Waals surface area contributed by atoms with E-state index in [1.165, 1.54) is 60.7 Å². The van der Waals surface area contributed by atoms with Crippen LogP contribution in [-0.2, 0) is 4.74 Å². The largest absolute Gasteiger partial charge is 0.508 e. The zero-order valence-electron chi connectivity index (χ0n) is 32.6. The van der Waals surface area contributed by atoms with Gasteiger partial charge in [0.05, 0.1) is 18.1 Å². The Balaban J connectivity index is 1.27. The Labute approximate surface area is 353 Å². The summed E-state index contributed by atoms with van der Waals surface area (Å²) in [4.78, 5) is 0. The monoisotopic (exact) mass is 842 g/mol. The third kappa shape index (κ3) is 5.90. The average molecular weight is 843 g/mol. The number of phenols is 8. The van der Waals surface area contributed by atoms with E-state index in [-0.39, 0.29) is 45.6 Å². The summed E-state index contributed by atoms with van der Waals surface area (Å²) in [6.07, 6.45) is -9.02. The van der Waals surface area contributed by atoms with Gasteiger partial charge in [0.15, 0.2) is 0 Å². The molecule has 0 saturated carbocycles. The molecule has 318 valence electrons. The molecule has 11 atom stereocenters. The maximum Gasteiger partial charge on any atom is 0.135 e. The van der Waals surface area contributed by atoms with Crippen molar-refractivity contribution in [3.63, 3.8) is 0 Å². The summed E-state index contributed by atoms with van der Waals surface area (Å²) >= 11 is 0. The van der Waals surface area contributed by atoms with E-state index in [0.29, 0.717) is 50.3 Å². The van der Waals surface area contributed by atoms with Gasteiger partial charge in [0, 0.05) is 52.5 Å². The van der Waals surface area contributed by atoms with Crippen molar-refractivity contribution in [1.82, 2.24) is 0 Å². The minimum Gasteiger partial charge on any atom is -0.508 e. The van der Waals surface area contributed by atoms with Gasteiger partial charge >= 0.3 is 0 Å². The third-order valence-corrected chi connectivity index (χ3v) is 13.3. The second-order valence-corrected chi connectivity index (χ2v) is 16.6. The van der Waals surface area contributed by atoms with Crippen LogP contribution in [0, 0.1) is 0 Å². The number of ether oxygens (including phenoxy) is 2. The predicted octanol–water partition coefficient (Wildman–Crippen LogP) is 5.27. The highest BCUT2D eigenvalue weighted by molar-refractivity contribution is 5.73. The van der Waals surface area contributed by atoms with Gasteiger partial charge in [-0.15, -0.1) is 0 Å². The fraction of sp³-hybridized carbons (Fsp3) is 0.250. The van der Waals surface area contributed by atoms with Gasteiger partial charge < -0.3 is 70.8 Å². The second kappa shape index (κ2) is 14.5. The van der Waals surface area contributed by atoms with E-state index < -0.39 is 84.3 Å². The maximum absolute atomic E-state index is 12.4. The molecule has 1 fully saturated rings. The van der Waals surface area contributed by atoms with Crippen LogP contribution in [0.4, 0.5) is 0 Å². The van der Waals surface area contributed by atoms with Crippen molar-refractivity contribution in [1.29, 1.82) is 0 Å². The topological polar surface area (TPSA) is 261 Å². The highest BCUT2D eigenvalue weighted by Gasteiger charge is 2.56. The van der Waals surface area contributed by atoms with Gasteiger partial charge in [-0.3, -0.25) is 0 Å². The Morgan fingerprint density at radius 2 is 0.935 bits per heavy atom. The highest BCUT2D eigenvalue weighted by atomic mass is 16.5. The van der Waals surface area contributed by atoms with Crippen LogP contribution in [0.2, 0.25) is 0 Å². The molecule has 2 heterocycles. The third-order valence-electron chi connectivity index (χ3n) is 13.3. The van der Waals surface area contributed by atoms with Gasteiger partial charge in [0.25, 0.3) is 0 Å². The molecule has 2 aliphatic heterocycles. The number of aliphatic hydroxyl groups is 4. The van der Waals surface area contributed by atoms with Crippen LogP contribution in [0.5, 0.6) is 51.7 Å². The van der Waals surface area contributed by atoms with Gasteiger partial charge in [-0.05, 0) is 88.0 Å². The Morgan fingerprint density at radius 3 is 1.53 bits per heavy atom. The predicted molar refractivity (Wildman–Crippen MR) is 219 cm³/mol. The molecule has 2 aliphatic carbocycles. The van der Waals surface area contributed by atoms with E-state index in [1.54, 1.807) is 42.5 Å². The van der Waals surface area contributed by atoms with E-state index in [2.05, 4.69) is 0 Å². The number of fused-ring (bicyclic) bond motifs is 2. The minimum atomic E-state index is -1.82. The highest BCUT2D eigenvalue weighted by Crippen LogP contribution is 2.71. The lowest BCUT2D eigenvalue weighted by atomic mass is 9.69. The van der Waals surface area contributed by atoms with E-state index in [4.69, 9.17) is 9.47 Å². The summed E-state index contributed by atoms with van der Waals surface area (Å²) < 4.78 is 12.5. The molecule has 6 aromatic rings. The molecule has 0 radical (unpaired) electrons. The first-order valence-corrected chi connectivity index (χ1v) is 20.1. The van der Waals surface area contributed by atoms with Gasteiger partial charge in [-0.1, -0.05) is 36.4 Å². The summed E-state index contributed by atoms with van der Waals surface area (Å²) in [5.41, 5.74) is 4.54. The van der Waals surface area contributed by atoms with E-state index in [1.807, 2.05) is 0 Å². The fourth-order valence-corrected chi connectivity index (χ4v) is 10.7. The molecule has 12 N–H and O–H groups in total. The molecule has 0 unspecified atom stereocenters. The van der Waals surface area contributed by atoms with Crippen molar-refractivity contribution in [3.05, 3.63) is 159 Å². The minimum absolute atomic E-state index is 0.0110. The summed E-state index contributed by atoms with van der Waals surface area (Å²) in [5.74, 6) is -5.31. The molecule has 0 spiro atoms. The summed E-state index contributed by atoms with van der Waals surface area (Å²) in [6, 6.07) is 26.5. The van der Waals surface area contributed by atoms with Crippen LogP contribution in [0.3, 0.4) is 0 Å². The van der Waals surface area contributed by atoms with Crippen LogP contribution < -0.4 is 4.74 Å². The Hall–Kier alpha value is -6.68. The number of aliphatic hydroxyl groups excluding tert-OH is 4. The molecule has 0 bridgehead atoms. The fourth-order valence-electron chi connectivity index (χ4n) is 10.7. The normalized spacial score (nSPS) is 28.2. The lowest BCUT2D eigenvalue weighted by Gasteiger charge is -2.40. The van der Waals surface area contributed by atoms with Crippen molar-refractivity contribution in [3.8, 4) is 51.7 Å². The number of benzene rings is 6. The molecular formula is C48H42O14. The average Bonchev–Trinajstić information content (AvgIpc) is 3.75. The molecule has 0 amide bonds. The van der Waals surface area contributed by atoms with E-state index in [0.717, 1.165) is 0 Å². The number of hydrogen-bond donors (Lipinski definition) is 12. The lowest BCUT2D eigenvalue weighted by molar-refractivity contribution is -0.232. The first-order valence-electron chi connectivity index (χ1n) is 20.1. The zero-order chi connectivity index (χ0) is 43.5. The first-order chi connectivity index (χ1) is 29.7. The molecule has 10 rings (SSSR count). The molecule has 14 nitrogen and oxygen atoms in total. The van der Waals surface area contributed by atoms with E-state index in [9.17, 15) is 61.3 Å².